The smallest absolute Gasteiger partial charge is 0.251 e. The summed E-state index contributed by atoms with van der Waals surface area (Å²) in [5, 5.41) is 6.29. The molecule has 0 spiro atoms. The van der Waals surface area contributed by atoms with Gasteiger partial charge in [-0.1, -0.05) is 5.16 Å². The second-order valence-corrected chi connectivity index (χ2v) is 3.73. The average Bonchev–Trinajstić information content (AvgIpc) is 2.82. The highest BCUT2D eigenvalue weighted by Gasteiger charge is 2.07. The van der Waals surface area contributed by atoms with Crippen molar-refractivity contribution in [3.05, 3.63) is 47.3 Å². The predicted molar refractivity (Wildman–Crippen MR) is 63.3 cm³/mol. The standard InChI is InChI=1S/C12H13N3O2/c1-8-6-9(2-3-11(8)13)12(16)14-7-10-4-5-15-17-10/h2-6H,7,13H2,1H3,(H,14,16). The van der Waals surface area contributed by atoms with Gasteiger partial charge in [0.25, 0.3) is 5.91 Å². The Hall–Kier alpha value is -2.30. The Morgan fingerprint density at radius 1 is 1.47 bits per heavy atom. The fourth-order valence-corrected chi connectivity index (χ4v) is 1.42. The Bertz CT molecular complexity index is 521. The predicted octanol–water partition coefficient (Wildman–Crippen LogP) is 1.50. The minimum absolute atomic E-state index is 0.162. The van der Waals surface area contributed by atoms with Crippen LogP contribution in [0.5, 0.6) is 0 Å². The van der Waals surface area contributed by atoms with Gasteiger partial charge in [0.15, 0.2) is 5.76 Å². The summed E-state index contributed by atoms with van der Waals surface area (Å²) in [6.45, 7) is 2.19. The lowest BCUT2D eigenvalue weighted by atomic mass is 10.1. The van der Waals surface area contributed by atoms with Crippen molar-refractivity contribution >= 4 is 11.6 Å². The van der Waals surface area contributed by atoms with Crippen molar-refractivity contribution in [1.82, 2.24) is 10.5 Å². The van der Waals surface area contributed by atoms with Crippen LogP contribution in [-0.2, 0) is 6.54 Å². The normalized spacial score (nSPS) is 10.2. The summed E-state index contributed by atoms with van der Waals surface area (Å²) in [4.78, 5) is 11.8. The molecule has 2 rings (SSSR count). The van der Waals surface area contributed by atoms with Crippen LogP contribution in [0.3, 0.4) is 0 Å². The molecule has 0 aliphatic carbocycles. The Kier molecular flexibility index (Phi) is 3.09. The minimum Gasteiger partial charge on any atom is -0.399 e. The van der Waals surface area contributed by atoms with Crippen molar-refractivity contribution in [2.45, 2.75) is 13.5 Å². The van der Waals surface area contributed by atoms with Crippen LogP contribution in [-0.4, -0.2) is 11.1 Å². The quantitative estimate of drug-likeness (QED) is 0.784. The molecule has 1 amide bonds. The number of aromatic nitrogens is 1. The van der Waals surface area contributed by atoms with Crippen molar-refractivity contribution < 1.29 is 9.32 Å². The van der Waals surface area contributed by atoms with Gasteiger partial charge in [0.05, 0.1) is 12.7 Å². The fourth-order valence-electron chi connectivity index (χ4n) is 1.42. The van der Waals surface area contributed by atoms with E-state index in [4.69, 9.17) is 10.3 Å². The number of amides is 1. The number of nitrogens with one attached hydrogen (secondary N) is 1. The molecular formula is C12H13N3O2. The molecule has 0 fully saturated rings. The summed E-state index contributed by atoms with van der Waals surface area (Å²) >= 11 is 0. The number of aryl methyl sites for hydroxylation is 1. The second-order valence-electron chi connectivity index (χ2n) is 3.73. The van der Waals surface area contributed by atoms with E-state index in [0.717, 1.165) is 5.56 Å². The number of hydrogen-bond acceptors (Lipinski definition) is 4. The SMILES string of the molecule is Cc1cc(C(=O)NCc2ccno2)ccc1N. The first kappa shape index (κ1) is 11.2. The van der Waals surface area contributed by atoms with Crippen LogP contribution in [0.1, 0.15) is 21.7 Å². The van der Waals surface area contributed by atoms with Gasteiger partial charge in [-0.3, -0.25) is 4.79 Å². The van der Waals surface area contributed by atoms with E-state index in [9.17, 15) is 4.79 Å². The van der Waals surface area contributed by atoms with Crippen LogP contribution >= 0.6 is 0 Å². The van der Waals surface area contributed by atoms with Crippen molar-refractivity contribution in [3.63, 3.8) is 0 Å². The number of rotatable bonds is 3. The molecule has 0 atom stereocenters. The molecule has 0 saturated carbocycles. The Labute approximate surface area is 98.6 Å². The molecule has 0 aliphatic heterocycles. The van der Waals surface area contributed by atoms with Crippen LogP contribution in [0.2, 0.25) is 0 Å². The summed E-state index contributed by atoms with van der Waals surface area (Å²) in [5.74, 6) is 0.454. The average molecular weight is 231 g/mol. The molecule has 1 aromatic carbocycles. The number of carbonyl (C=O) groups excluding carboxylic acids is 1. The maximum Gasteiger partial charge on any atom is 0.251 e. The highest BCUT2D eigenvalue weighted by atomic mass is 16.5. The number of nitrogens with two attached hydrogens (primary N) is 1. The lowest BCUT2D eigenvalue weighted by Crippen LogP contribution is -2.22. The number of benzene rings is 1. The van der Waals surface area contributed by atoms with E-state index in [2.05, 4.69) is 10.5 Å². The van der Waals surface area contributed by atoms with Gasteiger partial charge < -0.3 is 15.6 Å². The molecular weight excluding hydrogens is 218 g/mol. The number of hydrogen-bond donors (Lipinski definition) is 2. The highest BCUT2D eigenvalue weighted by molar-refractivity contribution is 5.94. The molecule has 5 heteroatoms. The third-order valence-corrected chi connectivity index (χ3v) is 2.45. The largest absolute Gasteiger partial charge is 0.399 e. The lowest BCUT2D eigenvalue weighted by molar-refractivity contribution is 0.0947. The number of nitrogens with zero attached hydrogens (tertiary/aromatic N) is 1. The first-order valence-electron chi connectivity index (χ1n) is 5.20. The Morgan fingerprint density at radius 3 is 2.94 bits per heavy atom. The number of carbonyl (C=O) groups is 1. The van der Waals surface area contributed by atoms with Crippen LogP contribution in [0, 0.1) is 6.92 Å². The van der Waals surface area contributed by atoms with Crippen LogP contribution in [0.25, 0.3) is 0 Å². The zero-order valence-electron chi connectivity index (χ0n) is 9.43. The highest BCUT2D eigenvalue weighted by Crippen LogP contribution is 2.12. The molecule has 0 aliphatic rings. The van der Waals surface area contributed by atoms with Gasteiger partial charge in [-0.15, -0.1) is 0 Å². The van der Waals surface area contributed by atoms with Gasteiger partial charge in [0.1, 0.15) is 0 Å². The Balaban J connectivity index is 2.02. The molecule has 0 saturated heterocycles. The number of anilines is 1. The summed E-state index contributed by atoms with van der Waals surface area (Å²) in [6, 6.07) is 6.87. The lowest BCUT2D eigenvalue weighted by Gasteiger charge is -2.05. The van der Waals surface area contributed by atoms with Gasteiger partial charge in [-0.05, 0) is 30.7 Å². The first-order chi connectivity index (χ1) is 8.16. The molecule has 3 N–H and O–H groups in total. The number of nitrogen functional groups attached to an aromatic ring is 1. The fraction of sp³-hybridized carbons (Fsp3) is 0.167. The van der Waals surface area contributed by atoms with E-state index >= 15 is 0 Å². The zero-order chi connectivity index (χ0) is 12.3. The molecule has 88 valence electrons. The van der Waals surface area contributed by atoms with Gasteiger partial charge in [0, 0.05) is 17.3 Å². The summed E-state index contributed by atoms with van der Waals surface area (Å²) < 4.78 is 4.88. The third kappa shape index (κ3) is 2.63. The Morgan fingerprint density at radius 2 is 2.29 bits per heavy atom. The van der Waals surface area contributed by atoms with Crippen LogP contribution in [0.15, 0.2) is 35.0 Å². The van der Waals surface area contributed by atoms with E-state index in [-0.39, 0.29) is 5.91 Å². The molecule has 1 heterocycles. The molecule has 2 aromatic rings. The summed E-state index contributed by atoms with van der Waals surface area (Å²) in [5.41, 5.74) is 7.83. The third-order valence-electron chi connectivity index (χ3n) is 2.45. The van der Waals surface area contributed by atoms with Crippen molar-refractivity contribution in [1.29, 1.82) is 0 Å². The maximum absolute atomic E-state index is 11.8. The van der Waals surface area contributed by atoms with E-state index in [0.29, 0.717) is 23.6 Å². The zero-order valence-corrected chi connectivity index (χ0v) is 9.43. The van der Waals surface area contributed by atoms with Crippen LogP contribution in [0.4, 0.5) is 5.69 Å². The molecule has 0 bridgehead atoms. The molecule has 5 nitrogen and oxygen atoms in total. The van der Waals surface area contributed by atoms with Crippen molar-refractivity contribution in [3.8, 4) is 0 Å². The molecule has 1 aromatic heterocycles. The molecule has 0 unspecified atom stereocenters. The minimum atomic E-state index is -0.162. The summed E-state index contributed by atoms with van der Waals surface area (Å²) in [6.07, 6.45) is 1.54. The van der Waals surface area contributed by atoms with Gasteiger partial charge >= 0.3 is 0 Å². The van der Waals surface area contributed by atoms with Gasteiger partial charge in [0.2, 0.25) is 0 Å². The topological polar surface area (TPSA) is 81.2 Å². The summed E-state index contributed by atoms with van der Waals surface area (Å²) in [7, 11) is 0. The first-order valence-corrected chi connectivity index (χ1v) is 5.20. The van der Waals surface area contributed by atoms with Gasteiger partial charge in [-0.25, -0.2) is 0 Å². The van der Waals surface area contributed by atoms with Gasteiger partial charge in [-0.2, -0.15) is 0 Å². The second kappa shape index (κ2) is 4.69. The molecule has 0 radical (unpaired) electrons. The monoisotopic (exact) mass is 231 g/mol. The maximum atomic E-state index is 11.8. The van der Waals surface area contributed by atoms with E-state index in [1.807, 2.05) is 6.92 Å². The van der Waals surface area contributed by atoms with Crippen molar-refractivity contribution in [2.24, 2.45) is 0 Å². The van der Waals surface area contributed by atoms with E-state index in [1.54, 1.807) is 24.3 Å². The van der Waals surface area contributed by atoms with E-state index in [1.165, 1.54) is 6.20 Å². The van der Waals surface area contributed by atoms with E-state index < -0.39 is 0 Å². The van der Waals surface area contributed by atoms with Crippen LogP contribution < -0.4 is 11.1 Å². The van der Waals surface area contributed by atoms with Crippen molar-refractivity contribution in [2.75, 3.05) is 5.73 Å². The molecule has 17 heavy (non-hydrogen) atoms.